The third kappa shape index (κ3) is 3.74. The number of aliphatic hydroxyl groups excluding tert-OH is 1. The molecular formula is C14H24N4O3. The van der Waals surface area contributed by atoms with Crippen LogP contribution in [-0.2, 0) is 0 Å². The van der Waals surface area contributed by atoms with Gasteiger partial charge in [-0.25, -0.2) is 4.79 Å². The lowest BCUT2D eigenvalue weighted by atomic mass is 10.2. The van der Waals surface area contributed by atoms with Gasteiger partial charge < -0.3 is 14.4 Å². The molecule has 7 nitrogen and oxygen atoms in total. The molecule has 0 aliphatic carbocycles. The molecule has 1 unspecified atom stereocenters. The van der Waals surface area contributed by atoms with Gasteiger partial charge in [0.25, 0.3) is 0 Å². The van der Waals surface area contributed by atoms with Crippen molar-refractivity contribution in [2.45, 2.75) is 33.2 Å². The van der Waals surface area contributed by atoms with E-state index in [2.05, 4.69) is 22.1 Å². The number of nitrogens with one attached hydrogen (secondary N) is 1. The van der Waals surface area contributed by atoms with E-state index in [1.54, 1.807) is 4.90 Å². The van der Waals surface area contributed by atoms with Gasteiger partial charge in [-0.1, -0.05) is 6.92 Å². The topological polar surface area (TPSA) is 81.8 Å². The Hall–Kier alpha value is -1.60. The summed E-state index contributed by atoms with van der Waals surface area (Å²) in [4.78, 5) is 20.3. The molecule has 2 amide bonds. The predicted octanol–water partition coefficient (Wildman–Crippen LogP) is 1.21. The summed E-state index contributed by atoms with van der Waals surface area (Å²) in [6.45, 7) is 8.71. The fourth-order valence-corrected chi connectivity index (χ4v) is 2.49. The van der Waals surface area contributed by atoms with E-state index in [9.17, 15) is 9.90 Å². The SMILES string of the molecule is CCC(CO)N1CCN(C(=O)Nc2nc(C)c(C)o2)CC1. The third-order valence-corrected chi connectivity index (χ3v) is 4.04. The average molecular weight is 296 g/mol. The van der Waals surface area contributed by atoms with Gasteiger partial charge in [0, 0.05) is 32.2 Å². The second kappa shape index (κ2) is 6.91. The fraction of sp³-hybridized carbons (Fsp3) is 0.714. The van der Waals surface area contributed by atoms with E-state index in [1.165, 1.54) is 0 Å². The van der Waals surface area contributed by atoms with E-state index in [1.807, 2.05) is 13.8 Å². The molecule has 1 aromatic heterocycles. The van der Waals surface area contributed by atoms with Crippen LogP contribution in [0.2, 0.25) is 0 Å². The zero-order valence-electron chi connectivity index (χ0n) is 12.9. The van der Waals surface area contributed by atoms with Gasteiger partial charge in [-0.15, -0.1) is 0 Å². The van der Waals surface area contributed by atoms with Crippen molar-refractivity contribution in [2.24, 2.45) is 0 Å². The Bertz CT molecular complexity index is 457. The van der Waals surface area contributed by atoms with E-state index in [0.29, 0.717) is 18.8 Å². The quantitative estimate of drug-likeness (QED) is 0.873. The number of piperazine rings is 1. The lowest BCUT2D eigenvalue weighted by Gasteiger charge is -2.38. The summed E-state index contributed by atoms with van der Waals surface area (Å²) in [7, 11) is 0. The minimum Gasteiger partial charge on any atom is -0.428 e. The molecule has 1 fully saturated rings. The number of aromatic nitrogens is 1. The summed E-state index contributed by atoms with van der Waals surface area (Å²) in [5.41, 5.74) is 0.781. The van der Waals surface area contributed by atoms with Crippen LogP contribution in [-0.4, -0.2) is 64.7 Å². The van der Waals surface area contributed by atoms with Crippen molar-refractivity contribution in [1.29, 1.82) is 0 Å². The number of hydrogen-bond donors (Lipinski definition) is 2. The van der Waals surface area contributed by atoms with E-state index in [0.717, 1.165) is 25.2 Å². The molecule has 0 spiro atoms. The fourth-order valence-electron chi connectivity index (χ4n) is 2.49. The maximum absolute atomic E-state index is 12.2. The van der Waals surface area contributed by atoms with Crippen LogP contribution in [0.1, 0.15) is 24.8 Å². The van der Waals surface area contributed by atoms with Gasteiger partial charge >= 0.3 is 12.0 Å². The van der Waals surface area contributed by atoms with Crippen LogP contribution in [0.15, 0.2) is 4.42 Å². The largest absolute Gasteiger partial charge is 0.428 e. The van der Waals surface area contributed by atoms with Crippen molar-refractivity contribution in [3.05, 3.63) is 11.5 Å². The molecule has 1 saturated heterocycles. The van der Waals surface area contributed by atoms with E-state index in [4.69, 9.17) is 4.42 Å². The Morgan fingerprint density at radius 1 is 1.38 bits per heavy atom. The van der Waals surface area contributed by atoms with E-state index in [-0.39, 0.29) is 24.7 Å². The highest BCUT2D eigenvalue weighted by atomic mass is 16.4. The first-order valence-corrected chi connectivity index (χ1v) is 7.40. The second-order valence-electron chi connectivity index (χ2n) is 5.36. The molecule has 0 saturated carbocycles. The Morgan fingerprint density at radius 2 is 2.05 bits per heavy atom. The zero-order valence-corrected chi connectivity index (χ0v) is 12.9. The highest BCUT2D eigenvalue weighted by Crippen LogP contribution is 2.14. The molecule has 1 aliphatic heterocycles. The van der Waals surface area contributed by atoms with Gasteiger partial charge in [-0.2, -0.15) is 4.98 Å². The lowest BCUT2D eigenvalue weighted by molar-refractivity contribution is 0.0765. The molecule has 21 heavy (non-hydrogen) atoms. The number of oxazole rings is 1. The monoisotopic (exact) mass is 296 g/mol. The molecule has 0 bridgehead atoms. The zero-order chi connectivity index (χ0) is 15.4. The second-order valence-corrected chi connectivity index (χ2v) is 5.36. The number of hydrogen-bond acceptors (Lipinski definition) is 5. The van der Waals surface area contributed by atoms with Gasteiger partial charge in [-0.3, -0.25) is 10.2 Å². The van der Waals surface area contributed by atoms with Crippen LogP contribution in [0.3, 0.4) is 0 Å². The molecule has 0 aromatic carbocycles. The maximum atomic E-state index is 12.2. The van der Waals surface area contributed by atoms with Crippen molar-refractivity contribution in [3.8, 4) is 0 Å². The van der Waals surface area contributed by atoms with Crippen molar-refractivity contribution in [3.63, 3.8) is 0 Å². The summed E-state index contributed by atoms with van der Waals surface area (Å²) in [6, 6.07) is 0.249. The molecule has 2 rings (SSSR count). The van der Waals surface area contributed by atoms with Gasteiger partial charge in [0.15, 0.2) is 0 Å². The maximum Gasteiger partial charge on any atom is 0.325 e. The number of carbonyl (C=O) groups excluding carboxylic acids is 1. The molecule has 7 heteroatoms. The van der Waals surface area contributed by atoms with Gasteiger partial charge in [0.05, 0.1) is 12.3 Å². The molecule has 118 valence electrons. The molecule has 2 N–H and O–H groups in total. The smallest absolute Gasteiger partial charge is 0.325 e. The third-order valence-electron chi connectivity index (χ3n) is 4.04. The van der Waals surface area contributed by atoms with Crippen LogP contribution < -0.4 is 5.32 Å². The Morgan fingerprint density at radius 3 is 2.52 bits per heavy atom. The average Bonchev–Trinajstić information content (AvgIpc) is 2.79. The first kappa shape index (κ1) is 15.8. The molecule has 2 heterocycles. The lowest BCUT2D eigenvalue weighted by Crippen LogP contribution is -2.53. The van der Waals surface area contributed by atoms with Crippen molar-refractivity contribution in [1.82, 2.24) is 14.8 Å². The summed E-state index contributed by atoms with van der Waals surface area (Å²) < 4.78 is 5.36. The molecule has 1 aromatic rings. The number of rotatable bonds is 4. The summed E-state index contributed by atoms with van der Waals surface area (Å²) in [6.07, 6.45) is 0.914. The summed E-state index contributed by atoms with van der Waals surface area (Å²) >= 11 is 0. The van der Waals surface area contributed by atoms with E-state index >= 15 is 0 Å². The minimum absolute atomic E-state index is 0.164. The van der Waals surface area contributed by atoms with Gasteiger partial charge in [-0.05, 0) is 20.3 Å². The standard InChI is InChI=1S/C14H24N4O3/c1-4-12(9-19)17-5-7-18(8-6-17)14(20)16-13-15-10(2)11(3)21-13/h12,19H,4-9H2,1-3H3,(H,15,16,20). The van der Waals surface area contributed by atoms with Crippen molar-refractivity contribution in [2.75, 3.05) is 38.1 Å². The number of amides is 2. The van der Waals surface area contributed by atoms with Gasteiger partial charge in [0.2, 0.25) is 0 Å². The van der Waals surface area contributed by atoms with Crippen molar-refractivity contribution >= 4 is 12.0 Å². The first-order chi connectivity index (χ1) is 10.0. The number of aliphatic hydroxyl groups is 1. The first-order valence-electron chi connectivity index (χ1n) is 7.40. The number of anilines is 1. The van der Waals surface area contributed by atoms with Gasteiger partial charge in [0.1, 0.15) is 5.76 Å². The van der Waals surface area contributed by atoms with Crippen LogP contribution in [0.25, 0.3) is 0 Å². The Balaban J connectivity index is 1.85. The van der Waals surface area contributed by atoms with Crippen molar-refractivity contribution < 1.29 is 14.3 Å². The number of carbonyl (C=O) groups is 1. The summed E-state index contributed by atoms with van der Waals surface area (Å²) in [5, 5.41) is 12.0. The Kier molecular flexibility index (Phi) is 5.19. The molecule has 0 radical (unpaired) electrons. The van der Waals surface area contributed by atoms with Crippen LogP contribution >= 0.6 is 0 Å². The van der Waals surface area contributed by atoms with E-state index < -0.39 is 0 Å². The highest BCUT2D eigenvalue weighted by Gasteiger charge is 2.25. The number of urea groups is 1. The highest BCUT2D eigenvalue weighted by molar-refractivity contribution is 5.87. The van der Waals surface area contributed by atoms with Crippen LogP contribution in [0.5, 0.6) is 0 Å². The Labute approximate surface area is 124 Å². The normalized spacial score (nSPS) is 17.8. The summed E-state index contributed by atoms with van der Waals surface area (Å²) in [5.74, 6) is 0.712. The van der Waals surface area contributed by atoms with Crippen LogP contribution in [0, 0.1) is 13.8 Å². The molecular weight excluding hydrogens is 272 g/mol. The minimum atomic E-state index is -0.187. The van der Waals surface area contributed by atoms with Crippen LogP contribution in [0.4, 0.5) is 10.8 Å². The molecule has 1 aliphatic rings. The number of nitrogens with zero attached hydrogens (tertiary/aromatic N) is 3. The predicted molar refractivity (Wildman–Crippen MR) is 79.3 cm³/mol. The number of aryl methyl sites for hydroxylation is 2. The molecule has 1 atom stereocenters.